The van der Waals surface area contributed by atoms with Gasteiger partial charge in [0.15, 0.2) is 0 Å². The molecular weight excluding hydrogens is 344 g/mol. The van der Waals surface area contributed by atoms with Gasteiger partial charge in [0.05, 0.1) is 18.1 Å². The number of hydrogen-bond acceptors (Lipinski definition) is 2. The molecule has 3 heteroatoms. The van der Waals surface area contributed by atoms with Crippen LogP contribution in [0.2, 0.25) is 0 Å². The standard InChI is InChI=1S/C25H34N2O/c1-3-4-5-6-7-8-9-12-19-27-24-14-11-10-13-23(24)26-25(27)20-21-15-17-22(28-2)18-16-21/h10-11,13-18H,3-9,12,19-20H2,1-2H3. The van der Waals surface area contributed by atoms with E-state index in [9.17, 15) is 0 Å². The van der Waals surface area contributed by atoms with Crippen LogP contribution in [0.5, 0.6) is 5.75 Å². The quantitative estimate of drug-likeness (QED) is 0.325. The maximum atomic E-state index is 5.28. The van der Waals surface area contributed by atoms with E-state index in [-0.39, 0.29) is 0 Å². The molecule has 2 aromatic carbocycles. The minimum atomic E-state index is 0.857. The molecule has 3 nitrogen and oxygen atoms in total. The molecule has 0 N–H and O–H groups in total. The summed E-state index contributed by atoms with van der Waals surface area (Å²) in [5.74, 6) is 2.06. The summed E-state index contributed by atoms with van der Waals surface area (Å²) in [6.07, 6.45) is 11.6. The lowest BCUT2D eigenvalue weighted by molar-refractivity contribution is 0.414. The van der Waals surface area contributed by atoms with E-state index < -0.39 is 0 Å². The molecule has 0 unspecified atom stereocenters. The van der Waals surface area contributed by atoms with Gasteiger partial charge in [-0.25, -0.2) is 4.98 Å². The zero-order valence-corrected chi connectivity index (χ0v) is 17.5. The second kappa shape index (κ2) is 10.9. The minimum Gasteiger partial charge on any atom is -0.497 e. The number of benzene rings is 2. The Labute approximate surface area is 169 Å². The molecule has 0 amide bonds. The molecule has 3 rings (SSSR count). The van der Waals surface area contributed by atoms with Crippen LogP contribution in [0.25, 0.3) is 11.0 Å². The number of rotatable bonds is 12. The van der Waals surface area contributed by atoms with Gasteiger partial charge in [-0.3, -0.25) is 0 Å². The molecule has 0 aliphatic rings. The number of imidazole rings is 1. The van der Waals surface area contributed by atoms with Gasteiger partial charge in [0.2, 0.25) is 0 Å². The molecule has 0 spiro atoms. The topological polar surface area (TPSA) is 27.1 Å². The number of fused-ring (bicyclic) bond motifs is 1. The van der Waals surface area contributed by atoms with Gasteiger partial charge in [-0.2, -0.15) is 0 Å². The molecule has 0 saturated heterocycles. The van der Waals surface area contributed by atoms with Crippen molar-refractivity contribution in [2.24, 2.45) is 0 Å². The SMILES string of the molecule is CCCCCCCCCCn1c(Cc2ccc(OC)cc2)nc2ccccc21. The average Bonchev–Trinajstić information content (AvgIpc) is 3.07. The third-order valence-corrected chi connectivity index (χ3v) is 5.49. The minimum absolute atomic E-state index is 0.857. The summed E-state index contributed by atoms with van der Waals surface area (Å²) in [4.78, 5) is 4.93. The first-order chi connectivity index (χ1) is 13.8. The first kappa shape index (κ1) is 20.4. The van der Waals surface area contributed by atoms with Crippen LogP contribution >= 0.6 is 0 Å². The Bertz CT molecular complexity index is 835. The van der Waals surface area contributed by atoms with E-state index >= 15 is 0 Å². The second-order valence-corrected chi connectivity index (χ2v) is 7.67. The predicted molar refractivity (Wildman–Crippen MR) is 118 cm³/mol. The van der Waals surface area contributed by atoms with Gasteiger partial charge in [0.25, 0.3) is 0 Å². The summed E-state index contributed by atoms with van der Waals surface area (Å²) in [5, 5.41) is 0. The lowest BCUT2D eigenvalue weighted by atomic mass is 10.1. The van der Waals surface area contributed by atoms with E-state index in [1.165, 1.54) is 62.4 Å². The second-order valence-electron chi connectivity index (χ2n) is 7.67. The average molecular weight is 379 g/mol. The van der Waals surface area contributed by atoms with E-state index in [2.05, 4.69) is 47.9 Å². The molecule has 1 aromatic heterocycles. The monoisotopic (exact) mass is 378 g/mol. The highest BCUT2D eigenvalue weighted by atomic mass is 16.5. The van der Waals surface area contributed by atoms with Gasteiger partial charge in [-0.15, -0.1) is 0 Å². The van der Waals surface area contributed by atoms with E-state index in [1.807, 2.05) is 12.1 Å². The summed E-state index contributed by atoms with van der Waals surface area (Å²) < 4.78 is 7.70. The summed E-state index contributed by atoms with van der Waals surface area (Å²) in [6.45, 7) is 3.33. The zero-order valence-electron chi connectivity index (χ0n) is 17.5. The van der Waals surface area contributed by atoms with Crippen LogP contribution in [-0.2, 0) is 13.0 Å². The molecule has 0 bridgehead atoms. The van der Waals surface area contributed by atoms with Crippen molar-refractivity contribution in [3.05, 3.63) is 59.9 Å². The molecule has 150 valence electrons. The van der Waals surface area contributed by atoms with Crippen molar-refractivity contribution < 1.29 is 4.74 Å². The molecule has 0 fully saturated rings. The Balaban J connectivity index is 1.62. The number of methoxy groups -OCH3 is 1. The predicted octanol–water partition coefficient (Wildman–Crippen LogP) is 6.78. The van der Waals surface area contributed by atoms with Crippen LogP contribution in [0, 0.1) is 0 Å². The molecule has 0 atom stereocenters. The summed E-state index contributed by atoms with van der Waals surface area (Å²) >= 11 is 0. The van der Waals surface area contributed by atoms with Gasteiger partial charge in [-0.1, -0.05) is 76.1 Å². The van der Waals surface area contributed by atoms with Crippen molar-refractivity contribution >= 4 is 11.0 Å². The van der Waals surface area contributed by atoms with Crippen LogP contribution < -0.4 is 4.74 Å². The maximum absolute atomic E-state index is 5.28. The van der Waals surface area contributed by atoms with Crippen molar-refractivity contribution in [3.8, 4) is 5.75 Å². The van der Waals surface area contributed by atoms with Gasteiger partial charge in [0.1, 0.15) is 11.6 Å². The fourth-order valence-corrected chi connectivity index (χ4v) is 3.84. The van der Waals surface area contributed by atoms with E-state index in [0.29, 0.717) is 0 Å². The van der Waals surface area contributed by atoms with Crippen molar-refractivity contribution in [1.29, 1.82) is 0 Å². The highest BCUT2D eigenvalue weighted by Crippen LogP contribution is 2.21. The number of hydrogen-bond donors (Lipinski definition) is 0. The summed E-state index contributed by atoms with van der Waals surface area (Å²) in [6, 6.07) is 16.8. The zero-order chi connectivity index (χ0) is 19.6. The Morgan fingerprint density at radius 1 is 0.821 bits per heavy atom. The lowest BCUT2D eigenvalue weighted by Gasteiger charge is -2.10. The van der Waals surface area contributed by atoms with E-state index in [4.69, 9.17) is 9.72 Å². The fourth-order valence-electron chi connectivity index (χ4n) is 3.84. The highest BCUT2D eigenvalue weighted by Gasteiger charge is 2.11. The Morgan fingerprint density at radius 3 is 2.21 bits per heavy atom. The number of aromatic nitrogens is 2. The Morgan fingerprint density at radius 2 is 1.50 bits per heavy atom. The largest absolute Gasteiger partial charge is 0.497 e. The molecular formula is C25H34N2O. The molecule has 0 saturated carbocycles. The first-order valence-electron chi connectivity index (χ1n) is 10.9. The Hall–Kier alpha value is -2.29. The van der Waals surface area contributed by atoms with Crippen LogP contribution in [0.1, 0.15) is 69.7 Å². The van der Waals surface area contributed by atoms with Crippen molar-refractivity contribution in [1.82, 2.24) is 9.55 Å². The smallest absolute Gasteiger partial charge is 0.118 e. The van der Waals surface area contributed by atoms with Crippen LogP contribution in [0.3, 0.4) is 0 Å². The summed E-state index contributed by atoms with van der Waals surface area (Å²) in [7, 11) is 1.71. The number of ether oxygens (including phenoxy) is 1. The molecule has 0 aliphatic heterocycles. The third kappa shape index (κ3) is 5.60. The van der Waals surface area contributed by atoms with E-state index in [0.717, 1.165) is 30.1 Å². The summed E-state index contributed by atoms with van der Waals surface area (Å²) in [5.41, 5.74) is 3.63. The lowest BCUT2D eigenvalue weighted by Crippen LogP contribution is -2.05. The molecule has 0 radical (unpaired) electrons. The number of para-hydroxylation sites is 2. The normalized spacial score (nSPS) is 11.2. The molecule has 1 heterocycles. The fraction of sp³-hybridized carbons (Fsp3) is 0.480. The van der Waals surface area contributed by atoms with Gasteiger partial charge < -0.3 is 9.30 Å². The third-order valence-electron chi connectivity index (χ3n) is 5.49. The van der Waals surface area contributed by atoms with Crippen molar-refractivity contribution in [2.75, 3.05) is 7.11 Å². The van der Waals surface area contributed by atoms with Crippen LogP contribution in [-0.4, -0.2) is 16.7 Å². The number of nitrogens with zero attached hydrogens (tertiary/aromatic N) is 2. The van der Waals surface area contributed by atoms with Crippen molar-refractivity contribution in [2.45, 2.75) is 71.3 Å². The van der Waals surface area contributed by atoms with Gasteiger partial charge >= 0.3 is 0 Å². The van der Waals surface area contributed by atoms with Gasteiger partial charge in [-0.05, 0) is 36.2 Å². The molecule has 0 aliphatic carbocycles. The van der Waals surface area contributed by atoms with Crippen molar-refractivity contribution in [3.63, 3.8) is 0 Å². The van der Waals surface area contributed by atoms with E-state index in [1.54, 1.807) is 7.11 Å². The molecule has 3 aromatic rings. The molecule has 28 heavy (non-hydrogen) atoms. The Kier molecular flexibility index (Phi) is 7.95. The number of unbranched alkanes of at least 4 members (excludes halogenated alkanes) is 7. The van der Waals surface area contributed by atoms with Crippen LogP contribution in [0.4, 0.5) is 0 Å². The highest BCUT2D eigenvalue weighted by molar-refractivity contribution is 5.76. The first-order valence-corrected chi connectivity index (χ1v) is 10.9. The van der Waals surface area contributed by atoms with Gasteiger partial charge in [0, 0.05) is 13.0 Å². The van der Waals surface area contributed by atoms with Crippen LogP contribution in [0.15, 0.2) is 48.5 Å². The maximum Gasteiger partial charge on any atom is 0.118 e. The number of aryl methyl sites for hydroxylation is 1.